The third-order valence-electron chi connectivity index (χ3n) is 2.30. The molecule has 0 bridgehead atoms. The molecule has 0 aliphatic carbocycles. The first-order valence-electron chi connectivity index (χ1n) is 5.09. The number of benzene rings is 2. The average molecular weight is 389 g/mol. The van der Waals surface area contributed by atoms with E-state index in [1.165, 1.54) is 0 Å². The van der Waals surface area contributed by atoms with E-state index in [2.05, 4.69) is 37.2 Å². The van der Waals surface area contributed by atoms with Crippen molar-refractivity contribution >= 4 is 55.1 Å². The molecule has 18 heavy (non-hydrogen) atoms. The summed E-state index contributed by atoms with van der Waals surface area (Å²) in [7, 11) is 0. The van der Waals surface area contributed by atoms with Crippen molar-refractivity contribution in [1.29, 1.82) is 0 Å². The molecule has 0 atom stereocenters. The van der Waals surface area contributed by atoms with Crippen molar-refractivity contribution in [2.45, 2.75) is 0 Å². The fraction of sp³-hybridized carbons (Fsp3) is 0. The van der Waals surface area contributed by atoms with Crippen LogP contribution in [-0.2, 0) is 0 Å². The molecule has 0 radical (unpaired) electrons. The number of hydrogen-bond acceptors (Lipinski definition) is 1. The highest BCUT2D eigenvalue weighted by atomic mass is 79.9. The summed E-state index contributed by atoms with van der Waals surface area (Å²) in [6.07, 6.45) is 0. The van der Waals surface area contributed by atoms with Crippen LogP contribution in [0.15, 0.2) is 51.4 Å². The van der Waals surface area contributed by atoms with Crippen molar-refractivity contribution in [2.24, 2.45) is 0 Å². The van der Waals surface area contributed by atoms with E-state index in [0.29, 0.717) is 16.3 Å². The molecule has 2 nitrogen and oxygen atoms in total. The first kappa shape index (κ1) is 13.6. The minimum atomic E-state index is -0.227. The van der Waals surface area contributed by atoms with Gasteiger partial charge < -0.3 is 5.32 Å². The zero-order valence-corrected chi connectivity index (χ0v) is 13.0. The van der Waals surface area contributed by atoms with Gasteiger partial charge in [-0.2, -0.15) is 0 Å². The Morgan fingerprint density at radius 1 is 1.06 bits per heavy atom. The van der Waals surface area contributed by atoms with E-state index in [9.17, 15) is 4.79 Å². The Morgan fingerprint density at radius 2 is 1.78 bits per heavy atom. The van der Waals surface area contributed by atoms with Crippen LogP contribution >= 0.6 is 43.5 Å². The van der Waals surface area contributed by atoms with Crippen LogP contribution in [0.4, 0.5) is 5.69 Å². The van der Waals surface area contributed by atoms with E-state index in [-0.39, 0.29) is 5.91 Å². The van der Waals surface area contributed by atoms with Crippen LogP contribution in [0.2, 0.25) is 5.02 Å². The van der Waals surface area contributed by atoms with Crippen molar-refractivity contribution in [3.63, 3.8) is 0 Å². The number of nitrogens with one attached hydrogen (secondary N) is 1. The maximum absolute atomic E-state index is 12.0. The maximum atomic E-state index is 12.0. The summed E-state index contributed by atoms with van der Waals surface area (Å²) in [5.74, 6) is -0.227. The molecule has 1 amide bonds. The lowest BCUT2D eigenvalue weighted by Gasteiger charge is -2.07. The molecule has 0 saturated heterocycles. The summed E-state index contributed by atoms with van der Waals surface area (Å²) in [4.78, 5) is 12.0. The minimum Gasteiger partial charge on any atom is -0.322 e. The number of carbonyl (C=O) groups is 1. The van der Waals surface area contributed by atoms with Gasteiger partial charge in [-0.05, 0) is 62.2 Å². The van der Waals surface area contributed by atoms with Crippen molar-refractivity contribution in [3.8, 4) is 0 Å². The van der Waals surface area contributed by atoms with Gasteiger partial charge in [0.1, 0.15) is 0 Å². The third kappa shape index (κ3) is 3.13. The molecule has 0 aromatic heterocycles. The molecule has 1 N–H and O–H groups in total. The summed E-state index contributed by atoms with van der Waals surface area (Å²) >= 11 is 12.7. The molecule has 92 valence electrons. The van der Waals surface area contributed by atoms with Gasteiger partial charge in [-0.1, -0.05) is 23.7 Å². The molecule has 2 rings (SSSR count). The zero-order chi connectivity index (χ0) is 13.1. The lowest BCUT2D eigenvalue weighted by Crippen LogP contribution is -2.12. The van der Waals surface area contributed by atoms with Crippen LogP contribution < -0.4 is 5.32 Å². The second-order valence-electron chi connectivity index (χ2n) is 3.56. The maximum Gasteiger partial charge on any atom is 0.257 e. The number of anilines is 1. The second-order valence-corrected chi connectivity index (χ2v) is 5.68. The van der Waals surface area contributed by atoms with Crippen LogP contribution in [0.25, 0.3) is 0 Å². The lowest BCUT2D eigenvalue weighted by atomic mass is 10.2. The molecule has 0 unspecified atom stereocenters. The highest BCUT2D eigenvalue weighted by Gasteiger charge is 2.10. The molecule has 0 heterocycles. The lowest BCUT2D eigenvalue weighted by molar-refractivity contribution is 0.102. The van der Waals surface area contributed by atoms with E-state index in [0.717, 1.165) is 8.95 Å². The fourth-order valence-electron chi connectivity index (χ4n) is 1.42. The molecular formula is C13H8Br2ClNO. The van der Waals surface area contributed by atoms with E-state index < -0.39 is 0 Å². The molecule has 0 aliphatic heterocycles. The van der Waals surface area contributed by atoms with E-state index in [1.54, 1.807) is 24.3 Å². The van der Waals surface area contributed by atoms with Crippen LogP contribution in [0, 0.1) is 0 Å². The van der Waals surface area contributed by atoms with Crippen molar-refractivity contribution in [2.75, 3.05) is 5.32 Å². The minimum absolute atomic E-state index is 0.227. The SMILES string of the molecule is O=C(Nc1ccc(Br)c(Br)c1)c1ccccc1Cl. The monoisotopic (exact) mass is 387 g/mol. The molecule has 2 aromatic carbocycles. The van der Waals surface area contributed by atoms with Crippen LogP contribution in [-0.4, -0.2) is 5.91 Å². The van der Waals surface area contributed by atoms with Gasteiger partial charge in [0, 0.05) is 14.6 Å². The number of rotatable bonds is 2. The third-order valence-corrected chi connectivity index (χ3v) is 4.51. The Bertz CT molecular complexity index is 601. The van der Waals surface area contributed by atoms with Crippen molar-refractivity contribution in [3.05, 3.63) is 62.0 Å². The molecular weight excluding hydrogens is 381 g/mol. The summed E-state index contributed by atoms with van der Waals surface area (Å²) < 4.78 is 1.80. The van der Waals surface area contributed by atoms with E-state index in [1.807, 2.05) is 18.2 Å². The summed E-state index contributed by atoms with van der Waals surface area (Å²) in [6.45, 7) is 0. The predicted molar refractivity (Wildman–Crippen MR) is 81.2 cm³/mol. The first-order chi connectivity index (χ1) is 8.58. The predicted octanol–water partition coefficient (Wildman–Crippen LogP) is 5.12. The standard InChI is InChI=1S/C13H8Br2ClNO/c14-10-6-5-8(7-11(10)15)17-13(18)9-3-1-2-4-12(9)16/h1-7H,(H,17,18). The highest BCUT2D eigenvalue weighted by Crippen LogP contribution is 2.26. The van der Waals surface area contributed by atoms with E-state index >= 15 is 0 Å². The Hall–Kier alpha value is -0.840. The van der Waals surface area contributed by atoms with Gasteiger partial charge in [-0.25, -0.2) is 0 Å². The smallest absolute Gasteiger partial charge is 0.257 e. The molecule has 0 fully saturated rings. The number of hydrogen-bond donors (Lipinski definition) is 1. The quantitative estimate of drug-likeness (QED) is 0.759. The van der Waals surface area contributed by atoms with Crippen molar-refractivity contribution in [1.82, 2.24) is 0 Å². The molecule has 0 saturated carbocycles. The average Bonchev–Trinajstić information content (AvgIpc) is 2.34. The normalized spacial score (nSPS) is 10.2. The van der Waals surface area contributed by atoms with Gasteiger partial charge in [-0.3, -0.25) is 4.79 Å². The Morgan fingerprint density at radius 3 is 2.44 bits per heavy atom. The van der Waals surface area contributed by atoms with Crippen LogP contribution in [0.5, 0.6) is 0 Å². The van der Waals surface area contributed by atoms with Gasteiger partial charge in [0.2, 0.25) is 0 Å². The van der Waals surface area contributed by atoms with Crippen LogP contribution in [0.1, 0.15) is 10.4 Å². The van der Waals surface area contributed by atoms with Crippen LogP contribution in [0.3, 0.4) is 0 Å². The van der Waals surface area contributed by atoms with E-state index in [4.69, 9.17) is 11.6 Å². The first-order valence-corrected chi connectivity index (χ1v) is 7.05. The van der Waals surface area contributed by atoms with Gasteiger partial charge >= 0.3 is 0 Å². The highest BCUT2D eigenvalue weighted by molar-refractivity contribution is 9.13. The Kier molecular flexibility index (Phi) is 4.43. The summed E-state index contributed by atoms with van der Waals surface area (Å²) in [5, 5.41) is 3.23. The largest absolute Gasteiger partial charge is 0.322 e. The molecule has 0 aliphatic rings. The van der Waals surface area contributed by atoms with Gasteiger partial charge in [0.25, 0.3) is 5.91 Å². The second kappa shape index (κ2) is 5.87. The number of halogens is 3. The number of amides is 1. The summed E-state index contributed by atoms with van der Waals surface area (Å²) in [6, 6.07) is 12.4. The van der Waals surface area contributed by atoms with Crippen molar-refractivity contribution < 1.29 is 4.79 Å². The Balaban J connectivity index is 2.22. The van der Waals surface area contributed by atoms with Gasteiger partial charge in [0.05, 0.1) is 10.6 Å². The topological polar surface area (TPSA) is 29.1 Å². The summed E-state index contributed by atoms with van der Waals surface area (Å²) in [5.41, 5.74) is 1.16. The molecule has 2 aromatic rings. The van der Waals surface area contributed by atoms with Gasteiger partial charge in [0.15, 0.2) is 0 Å². The molecule has 0 spiro atoms. The number of carbonyl (C=O) groups excluding carboxylic acids is 1. The molecule has 5 heteroatoms. The van der Waals surface area contributed by atoms with Gasteiger partial charge in [-0.15, -0.1) is 0 Å². The fourth-order valence-corrected chi connectivity index (χ4v) is 2.26. The Labute approximate surface area is 127 Å². The zero-order valence-electron chi connectivity index (χ0n) is 9.08.